The van der Waals surface area contributed by atoms with E-state index in [1.807, 2.05) is 31.2 Å². The van der Waals surface area contributed by atoms with Gasteiger partial charge in [-0.15, -0.1) is 0 Å². The van der Waals surface area contributed by atoms with E-state index < -0.39 is 10.0 Å². The van der Waals surface area contributed by atoms with Crippen molar-refractivity contribution in [2.45, 2.75) is 18.4 Å². The summed E-state index contributed by atoms with van der Waals surface area (Å²) in [6, 6.07) is 12.6. The second kappa shape index (κ2) is 8.64. The van der Waals surface area contributed by atoms with E-state index in [0.717, 1.165) is 11.1 Å². The lowest BCUT2D eigenvalue weighted by molar-refractivity contribution is 0.163. The van der Waals surface area contributed by atoms with Crippen LogP contribution in [0.2, 0.25) is 10.0 Å². The molecule has 0 aliphatic carbocycles. The first-order valence-electron chi connectivity index (χ1n) is 9.41. The van der Waals surface area contributed by atoms with Gasteiger partial charge in [0.15, 0.2) is 0 Å². The topological polar surface area (TPSA) is 79.5 Å². The lowest BCUT2D eigenvalue weighted by Gasteiger charge is -2.33. The molecule has 0 saturated carbocycles. The Morgan fingerprint density at radius 2 is 1.63 bits per heavy atom. The Bertz CT molecular complexity index is 1120. The molecule has 3 aromatic rings. The molecule has 0 atom stereocenters. The zero-order chi connectivity index (χ0) is 21.3. The van der Waals surface area contributed by atoms with Crippen molar-refractivity contribution in [3.05, 3.63) is 64.0 Å². The number of halogens is 2. The summed E-state index contributed by atoms with van der Waals surface area (Å²) < 4.78 is 32.7. The summed E-state index contributed by atoms with van der Waals surface area (Å²) in [4.78, 5) is 6.49. The average Bonchev–Trinajstić information content (AvgIpc) is 3.17. The molecule has 1 saturated heterocycles. The minimum atomic E-state index is -3.76. The van der Waals surface area contributed by atoms with Crippen LogP contribution in [0, 0.1) is 6.92 Å². The minimum Gasteiger partial charge on any atom is -0.338 e. The molecule has 0 bridgehead atoms. The highest BCUT2D eigenvalue weighted by atomic mass is 35.5. The summed E-state index contributed by atoms with van der Waals surface area (Å²) in [6.45, 7) is 4.18. The van der Waals surface area contributed by atoms with E-state index in [1.54, 1.807) is 6.07 Å². The molecule has 10 heteroatoms. The van der Waals surface area contributed by atoms with Gasteiger partial charge in [-0.2, -0.15) is 9.29 Å². The van der Waals surface area contributed by atoms with Crippen molar-refractivity contribution in [1.29, 1.82) is 0 Å². The van der Waals surface area contributed by atoms with Crippen LogP contribution in [0.15, 0.2) is 51.9 Å². The fourth-order valence-corrected chi connectivity index (χ4v) is 5.83. The smallest absolute Gasteiger partial charge is 0.246 e. The molecule has 0 spiro atoms. The van der Waals surface area contributed by atoms with Gasteiger partial charge in [0.25, 0.3) is 0 Å². The van der Waals surface area contributed by atoms with Gasteiger partial charge in [-0.25, -0.2) is 8.42 Å². The number of nitrogens with zero attached hydrogens (tertiary/aromatic N) is 4. The third-order valence-electron chi connectivity index (χ3n) is 4.98. The fourth-order valence-electron chi connectivity index (χ4n) is 3.32. The molecule has 1 fully saturated rings. The Kier molecular flexibility index (Phi) is 6.13. The van der Waals surface area contributed by atoms with Gasteiger partial charge in [-0.1, -0.05) is 64.3 Å². The predicted molar refractivity (Wildman–Crippen MR) is 115 cm³/mol. The van der Waals surface area contributed by atoms with Crippen LogP contribution in [-0.2, 0) is 16.6 Å². The Morgan fingerprint density at radius 3 is 2.27 bits per heavy atom. The van der Waals surface area contributed by atoms with Crippen LogP contribution >= 0.6 is 23.2 Å². The SMILES string of the molecule is Cc1ccc(-c2noc(CN3CCN(S(=O)(=O)c4c(Cl)cccc4Cl)CC3)n2)cc1. The fraction of sp³-hybridized carbons (Fsp3) is 0.300. The summed E-state index contributed by atoms with van der Waals surface area (Å²) >= 11 is 12.2. The molecule has 4 rings (SSSR count). The first-order valence-corrected chi connectivity index (χ1v) is 11.6. The molecule has 0 radical (unpaired) electrons. The standard InChI is InChI=1S/C20H20Cl2N4O3S/c1-14-5-7-15(8-6-14)20-23-18(29-24-20)13-25-9-11-26(12-10-25)30(27,28)19-16(21)3-2-4-17(19)22/h2-8H,9-13H2,1H3. The van der Waals surface area contributed by atoms with Gasteiger partial charge >= 0.3 is 0 Å². The Hall–Kier alpha value is -1.97. The van der Waals surface area contributed by atoms with Crippen LogP contribution in [-0.4, -0.2) is 53.9 Å². The maximum atomic E-state index is 13.0. The Labute approximate surface area is 185 Å². The van der Waals surface area contributed by atoms with Gasteiger partial charge in [0.2, 0.25) is 21.7 Å². The first-order chi connectivity index (χ1) is 14.3. The van der Waals surface area contributed by atoms with Gasteiger partial charge in [0.05, 0.1) is 16.6 Å². The maximum Gasteiger partial charge on any atom is 0.246 e. The molecule has 0 unspecified atom stereocenters. The van der Waals surface area contributed by atoms with Crippen molar-refractivity contribution in [2.75, 3.05) is 26.2 Å². The van der Waals surface area contributed by atoms with Crippen molar-refractivity contribution in [2.24, 2.45) is 0 Å². The van der Waals surface area contributed by atoms with Gasteiger partial charge < -0.3 is 4.52 Å². The third-order valence-corrected chi connectivity index (χ3v) is 7.84. The van der Waals surface area contributed by atoms with E-state index in [9.17, 15) is 8.42 Å². The quantitative estimate of drug-likeness (QED) is 0.567. The number of rotatable bonds is 5. The van der Waals surface area contributed by atoms with Crippen molar-refractivity contribution in [3.63, 3.8) is 0 Å². The molecule has 0 N–H and O–H groups in total. The molecule has 2 aromatic carbocycles. The largest absolute Gasteiger partial charge is 0.338 e. The number of aryl methyl sites for hydroxylation is 1. The van der Waals surface area contributed by atoms with Gasteiger partial charge in [-0.05, 0) is 19.1 Å². The number of piperazine rings is 1. The van der Waals surface area contributed by atoms with E-state index in [2.05, 4.69) is 15.0 Å². The molecule has 2 heterocycles. The van der Waals surface area contributed by atoms with Crippen LogP contribution < -0.4 is 0 Å². The summed E-state index contributed by atoms with van der Waals surface area (Å²) in [6.07, 6.45) is 0. The highest BCUT2D eigenvalue weighted by Crippen LogP contribution is 2.32. The normalized spacial score (nSPS) is 16.1. The second-order valence-electron chi connectivity index (χ2n) is 7.11. The van der Waals surface area contributed by atoms with Crippen molar-refractivity contribution in [3.8, 4) is 11.4 Å². The van der Waals surface area contributed by atoms with E-state index in [0.29, 0.717) is 44.4 Å². The lowest BCUT2D eigenvalue weighted by Crippen LogP contribution is -2.48. The highest BCUT2D eigenvalue weighted by molar-refractivity contribution is 7.89. The van der Waals surface area contributed by atoms with Crippen LogP contribution in [0.1, 0.15) is 11.5 Å². The number of hydrogen-bond donors (Lipinski definition) is 0. The minimum absolute atomic E-state index is 0.0403. The summed E-state index contributed by atoms with van der Waals surface area (Å²) in [5, 5.41) is 4.30. The highest BCUT2D eigenvalue weighted by Gasteiger charge is 2.32. The van der Waals surface area contributed by atoms with E-state index >= 15 is 0 Å². The van der Waals surface area contributed by atoms with Crippen molar-refractivity contribution in [1.82, 2.24) is 19.3 Å². The maximum absolute atomic E-state index is 13.0. The van der Waals surface area contributed by atoms with Gasteiger partial charge in [0, 0.05) is 31.7 Å². The number of sulfonamides is 1. The number of aromatic nitrogens is 2. The molecule has 0 amide bonds. The van der Waals surface area contributed by atoms with Crippen LogP contribution in [0.25, 0.3) is 11.4 Å². The zero-order valence-corrected chi connectivity index (χ0v) is 18.6. The van der Waals surface area contributed by atoms with Crippen LogP contribution in [0.3, 0.4) is 0 Å². The van der Waals surface area contributed by atoms with E-state index in [1.165, 1.54) is 16.4 Å². The van der Waals surface area contributed by atoms with Crippen molar-refractivity contribution < 1.29 is 12.9 Å². The van der Waals surface area contributed by atoms with Crippen LogP contribution in [0.5, 0.6) is 0 Å². The molecule has 1 aromatic heterocycles. The number of hydrogen-bond acceptors (Lipinski definition) is 6. The Balaban J connectivity index is 1.40. The Morgan fingerprint density at radius 1 is 1.00 bits per heavy atom. The molecule has 7 nitrogen and oxygen atoms in total. The number of benzene rings is 2. The van der Waals surface area contributed by atoms with E-state index in [4.69, 9.17) is 27.7 Å². The predicted octanol–water partition coefficient (Wildman–Crippen LogP) is 3.86. The molecule has 30 heavy (non-hydrogen) atoms. The second-order valence-corrected chi connectivity index (χ2v) is 9.80. The summed E-state index contributed by atoms with van der Waals surface area (Å²) in [5.41, 5.74) is 2.05. The molecule has 1 aliphatic heterocycles. The molecule has 158 valence electrons. The van der Waals surface area contributed by atoms with Gasteiger partial charge in [-0.3, -0.25) is 4.90 Å². The zero-order valence-electron chi connectivity index (χ0n) is 16.3. The summed E-state index contributed by atoms with van der Waals surface area (Å²) in [5.74, 6) is 1.04. The average molecular weight is 467 g/mol. The van der Waals surface area contributed by atoms with Crippen molar-refractivity contribution >= 4 is 33.2 Å². The van der Waals surface area contributed by atoms with E-state index in [-0.39, 0.29) is 14.9 Å². The lowest BCUT2D eigenvalue weighted by atomic mass is 10.1. The molecular weight excluding hydrogens is 447 g/mol. The van der Waals surface area contributed by atoms with Crippen LogP contribution in [0.4, 0.5) is 0 Å². The monoisotopic (exact) mass is 466 g/mol. The molecular formula is C20H20Cl2N4O3S. The summed E-state index contributed by atoms with van der Waals surface area (Å²) in [7, 11) is -3.76. The molecule has 1 aliphatic rings. The van der Waals surface area contributed by atoms with Gasteiger partial charge in [0.1, 0.15) is 4.90 Å². The first kappa shape index (κ1) is 21.3. The third kappa shape index (κ3) is 4.38.